The molecule has 0 saturated heterocycles. The van der Waals surface area contributed by atoms with Crippen LogP contribution in [0.15, 0.2) is 24.3 Å². The van der Waals surface area contributed by atoms with Gasteiger partial charge in [-0.3, -0.25) is 19.7 Å². The number of carbonyl (C=O) groups excluding carboxylic acids is 3. The quantitative estimate of drug-likeness (QED) is 0.440. The smallest absolute Gasteiger partial charge is 0.338 e. The Kier molecular flexibility index (Phi) is 5.17. The van der Waals surface area contributed by atoms with Gasteiger partial charge in [0.05, 0.1) is 16.1 Å². The average Bonchev–Trinajstić information content (AvgIpc) is 3.20. The van der Waals surface area contributed by atoms with Crippen LogP contribution >= 0.6 is 11.3 Å². The molecule has 0 saturated carbocycles. The highest BCUT2D eigenvalue weighted by Crippen LogP contribution is 2.38. The molecule has 0 atom stereocenters. The van der Waals surface area contributed by atoms with Crippen molar-refractivity contribution in [3.05, 3.63) is 55.9 Å². The Morgan fingerprint density at radius 2 is 2.07 bits per heavy atom. The molecule has 140 valence electrons. The van der Waals surface area contributed by atoms with Crippen LogP contribution in [-0.4, -0.2) is 29.3 Å². The van der Waals surface area contributed by atoms with Crippen LogP contribution in [0.4, 0.5) is 10.7 Å². The lowest BCUT2D eigenvalue weighted by Gasteiger charge is -2.07. The first-order valence-electron chi connectivity index (χ1n) is 8.02. The summed E-state index contributed by atoms with van der Waals surface area (Å²) in [7, 11) is 0. The minimum atomic E-state index is -0.863. The molecule has 1 aromatic heterocycles. The third kappa shape index (κ3) is 3.95. The first-order valence-corrected chi connectivity index (χ1v) is 8.84. The third-order valence-corrected chi connectivity index (χ3v) is 5.25. The number of carbonyl (C=O) groups is 3. The minimum Gasteiger partial charge on any atom is -0.452 e. The minimum absolute atomic E-state index is 0.0371. The Labute approximate surface area is 157 Å². The molecule has 1 aliphatic rings. The first-order chi connectivity index (χ1) is 12.9. The number of hydrogen-bond acceptors (Lipinski definition) is 7. The molecule has 1 heterocycles. The molecular formula is C17H15N3O6S. The fraction of sp³-hybridized carbons (Fsp3) is 0.235. The van der Waals surface area contributed by atoms with Crippen LogP contribution in [0.2, 0.25) is 0 Å². The van der Waals surface area contributed by atoms with E-state index in [1.807, 2.05) is 0 Å². The number of amides is 2. The van der Waals surface area contributed by atoms with Gasteiger partial charge in [-0.2, -0.15) is 0 Å². The van der Waals surface area contributed by atoms with Crippen molar-refractivity contribution in [2.45, 2.75) is 19.3 Å². The SMILES string of the molecule is NC(=O)c1c(NC(=O)COC(=O)c2cccc([N+](=O)[O-])c2)sc2c1CCC2. The van der Waals surface area contributed by atoms with E-state index in [0.717, 1.165) is 35.8 Å². The number of rotatable bonds is 6. The lowest BCUT2D eigenvalue weighted by atomic mass is 10.1. The monoisotopic (exact) mass is 389 g/mol. The zero-order valence-corrected chi connectivity index (χ0v) is 14.8. The molecule has 1 aliphatic carbocycles. The second-order valence-corrected chi connectivity index (χ2v) is 6.96. The van der Waals surface area contributed by atoms with Gasteiger partial charge in [-0.05, 0) is 30.9 Å². The van der Waals surface area contributed by atoms with E-state index < -0.39 is 29.3 Å². The van der Waals surface area contributed by atoms with Crippen molar-refractivity contribution >= 4 is 39.8 Å². The molecule has 2 amide bonds. The number of esters is 1. The summed E-state index contributed by atoms with van der Waals surface area (Å²) in [6, 6.07) is 5.00. The second-order valence-electron chi connectivity index (χ2n) is 5.86. The highest BCUT2D eigenvalue weighted by atomic mass is 32.1. The Morgan fingerprint density at radius 1 is 1.30 bits per heavy atom. The fourth-order valence-corrected chi connectivity index (χ4v) is 4.19. The van der Waals surface area contributed by atoms with E-state index in [4.69, 9.17) is 10.5 Å². The van der Waals surface area contributed by atoms with Gasteiger partial charge >= 0.3 is 5.97 Å². The van der Waals surface area contributed by atoms with Crippen molar-refractivity contribution in [1.29, 1.82) is 0 Å². The molecule has 0 aliphatic heterocycles. The van der Waals surface area contributed by atoms with Crippen LogP contribution in [0.5, 0.6) is 0 Å². The first kappa shape index (κ1) is 18.5. The van der Waals surface area contributed by atoms with Gasteiger partial charge < -0.3 is 15.8 Å². The molecular weight excluding hydrogens is 374 g/mol. The molecule has 0 fully saturated rings. The lowest BCUT2D eigenvalue weighted by molar-refractivity contribution is -0.384. The summed E-state index contributed by atoms with van der Waals surface area (Å²) in [5.41, 5.74) is 6.31. The number of anilines is 1. The van der Waals surface area contributed by atoms with Crippen LogP contribution in [0.3, 0.4) is 0 Å². The fourth-order valence-electron chi connectivity index (χ4n) is 2.88. The number of hydrogen-bond donors (Lipinski definition) is 2. The lowest BCUT2D eigenvalue weighted by Crippen LogP contribution is -2.22. The van der Waals surface area contributed by atoms with Crippen molar-refractivity contribution in [1.82, 2.24) is 0 Å². The largest absolute Gasteiger partial charge is 0.452 e. The van der Waals surface area contributed by atoms with Gasteiger partial charge in [-0.1, -0.05) is 6.07 Å². The van der Waals surface area contributed by atoms with Crippen molar-refractivity contribution in [3.8, 4) is 0 Å². The number of nitrogens with two attached hydrogens (primary N) is 1. The Bertz CT molecular complexity index is 952. The van der Waals surface area contributed by atoms with E-state index in [0.29, 0.717) is 10.6 Å². The molecule has 27 heavy (non-hydrogen) atoms. The van der Waals surface area contributed by atoms with Gasteiger partial charge in [0.1, 0.15) is 5.00 Å². The van der Waals surface area contributed by atoms with E-state index >= 15 is 0 Å². The number of thiophene rings is 1. The van der Waals surface area contributed by atoms with Gasteiger partial charge in [0.2, 0.25) is 0 Å². The van der Waals surface area contributed by atoms with Gasteiger partial charge in [0.25, 0.3) is 17.5 Å². The number of nitro groups is 1. The summed E-state index contributed by atoms with van der Waals surface area (Å²) in [5.74, 6) is -2.10. The predicted molar refractivity (Wildman–Crippen MR) is 96.9 cm³/mol. The molecule has 3 N–H and O–H groups in total. The molecule has 3 rings (SSSR count). The number of nitrogens with one attached hydrogen (secondary N) is 1. The number of nitro benzene ring substituents is 1. The number of non-ortho nitro benzene ring substituents is 1. The average molecular weight is 389 g/mol. The normalized spacial score (nSPS) is 12.3. The Balaban J connectivity index is 1.64. The molecule has 0 unspecified atom stereocenters. The van der Waals surface area contributed by atoms with Crippen molar-refractivity contribution in [3.63, 3.8) is 0 Å². The number of nitrogens with zero attached hydrogens (tertiary/aromatic N) is 1. The number of ether oxygens (including phenoxy) is 1. The van der Waals surface area contributed by atoms with Crippen LogP contribution < -0.4 is 11.1 Å². The van der Waals surface area contributed by atoms with E-state index in [2.05, 4.69) is 5.32 Å². The summed E-state index contributed by atoms with van der Waals surface area (Å²) in [6.07, 6.45) is 2.51. The van der Waals surface area contributed by atoms with Gasteiger partial charge in [-0.25, -0.2) is 4.79 Å². The van der Waals surface area contributed by atoms with Gasteiger partial charge in [-0.15, -0.1) is 11.3 Å². The van der Waals surface area contributed by atoms with Crippen LogP contribution in [0.25, 0.3) is 0 Å². The van der Waals surface area contributed by atoms with Crippen LogP contribution in [-0.2, 0) is 22.4 Å². The van der Waals surface area contributed by atoms with Gasteiger partial charge in [0, 0.05) is 17.0 Å². The predicted octanol–water partition coefficient (Wildman–Crippen LogP) is 2.04. The van der Waals surface area contributed by atoms with E-state index in [1.165, 1.54) is 29.5 Å². The van der Waals surface area contributed by atoms with Crippen LogP contribution in [0.1, 0.15) is 37.6 Å². The second kappa shape index (κ2) is 7.54. The Hall–Kier alpha value is -3.27. The highest BCUT2D eigenvalue weighted by Gasteiger charge is 2.26. The summed E-state index contributed by atoms with van der Waals surface area (Å²) in [4.78, 5) is 46.9. The number of fused-ring (bicyclic) bond motifs is 1. The zero-order valence-electron chi connectivity index (χ0n) is 14.0. The molecule has 2 aromatic rings. The van der Waals surface area contributed by atoms with E-state index in [-0.39, 0.29) is 11.3 Å². The van der Waals surface area contributed by atoms with Crippen molar-refractivity contribution in [2.24, 2.45) is 5.73 Å². The molecule has 10 heteroatoms. The molecule has 9 nitrogen and oxygen atoms in total. The van der Waals surface area contributed by atoms with Crippen molar-refractivity contribution in [2.75, 3.05) is 11.9 Å². The topological polar surface area (TPSA) is 142 Å². The number of aryl methyl sites for hydroxylation is 1. The van der Waals surface area contributed by atoms with Crippen LogP contribution in [0, 0.1) is 10.1 Å². The van der Waals surface area contributed by atoms with Crippen molar-refractivity contribution < 1.29 is 24.0 Å². The van der Waals surface area contributed by atoms with E-state index in [1.54, 1.807) is 0 Å². The number of primary amides is 1. The molecule has 0 spiro atoms. The number of benzene rings is 1. The van der Waals surface area contributed by atoms with Gasteiger partial charge in [0.15, 0.2) is 6.61 Å². The maximum atomic E-state index is 12.1. The maximum Gasteiger partial charge on any atom is 0.338 e. The standard InChI is InChI=1S/C17H15N3O6S/c18-15(22)14-11-5-2-6-12(11)27-16(14)19-13(21)8-26-17(23)9-3-1-4-10(7-9)20(24)25/h1,3-4,7H,2,5-6,8H2,(H2,18,22)(H,19,21). The summed E-state index contributed by atoms with van der Waals surface area (Å²) in [6.45, 7) is -0.595. The third-order valence-electron chi connectivity index (χ3n) is 4.05. The maximum absolute atomic E-state index is 12.1. The molecule has 1 aromatic carbocycles. The molecule has 0 radical (unpaired) electrons. The summed E-state index contributed by atoms with van der Waals surface area (Å²) >= 11 is 1.29. The zero-order chi connectivity index (χ0) is 19.6. The highest BCUT2D eigenvalue weighted by molar-refractivity contribution is 7.17. The molecule has 0 bridgehead atoms. The summed E-state index contributed by atoms with van der Waals surface area (Å²) < 4.78 is 4.89. The Morgan fingerprint density at radius 3 is 2.78 bits per heavy atom. The van der Waals surface area contributed by atoms with E-state index in [9.17, 15) is 24.5 Å². The summed E-state index contributed by atoms with van der Waals surface area (Å²) in [5, 5.41) is 13.6.